The average molecular weight is 382 g/mol. The van der Waals surface area contributed by atoms with Gasteiger partial charge in [-0.2, -0.15) is 0 Å². The Morgan fingerprint density at radius 3 is 2.45 bits per heavy atom. The molecule has 0 radical (unpaired) electrons. The van der Waals surface area contributed by atoms with Crippen LogP contribution >= 0.6 is 0 Å². The number of amides is 1. The Labute approximate surface area is 169 Å². The van der Waals surface area contributed by atoms with Gasteiger partial charge in [0.25, 0.3) is 5.91 Å². The Kier molecular flexibility index (Phi) is 4.58. The fraction of sp³-hybridized carbons (Fsp3) is 0.167. The minimum Gasteiger partial charge on any atom is -0.350 e. The van der Waals surface area contributed by atoms with Crippen LogP contribution in [0.5, 0.6) is 0 Å². The molecule has 0 saturated carbocycles. The molecule has 5 heteroatoms. The number of benzene rings is 3. The van der Waals surface area contributed by atoms with Crippen molar-refractivity contribution in [2.45, 2.75) is 19.6 Å². The fourth-order valence-electron chi connectivity index (χ4n) is 3.90. The second-order valence-electron chi connectivity index (χ2n) is 7.30. The van der Waals surface area contributed by atoms with Gasteiger partial charge in [-0.3, -0.25) is 4.79 Å². The summed E-state index contributed by atoms with van der Waals surface area (Å²) in [6.45, 7) is 2.98. The summed E-state index contributed by atoms with van der Waals surface area (Å²) in [7, 11) is 0. The number of imidazole rings is 1. The normalized spacial score (nSPS) is 13.3. The molecular weight excluding hydrogens is 360 g/mol. The quantitative estimate of drug-likeness (QED) is 0.553. The molecule has 1 amide bonds. The van der Waals surface area contributed by atoms with Crippen LogP contribution in [0.4, 0.5) is 0 Å². The number of para-hydroxylation sites is 1. The summed E-state index contributed by atoms with van der Waals surface area (Å²) in [4.78, 5) is 17.2. The number of rotatable bonds is 5. The number of aromatic nitrogens is 2. The van der Waals surface area contributed by atoms with Gasteiger partial charge in [0.15, 0.2) is 0 Å². The molecule has 5 nitrogen and oxygen atoms in total. The van der Waals surface area contributed by atoms with Crippen molar-refractivity contribution in [2.75, 3.05) is 6.54 Å². The van der Waals surface area contributed by atoms with Crippen LogP contribution in [0.2, 0.25) is 0 Å². The molecule has 0 fully saturated rings. The van der Waals surface area contributed by atoms with Crippen molar-refractivity contribution in [3.05, 3.63) is 89.5 Å². The van der Waals surface area contributed by atoms with Crippen molar-refractivity contribution in [3.8, 4) is 11.4 Å². The predicted molar refractivity (Wildman–Crippen MR) is 114 cm³/mol. The summed E-state index contributed by atoms with van der Waals surface area (Å²) in [5, 5.41) is 6.45. The van der Waals surface area contributed by atoms with E-state index >= 15 is 0 Å². The predicted octanol–water partition coefficient (Wildman–Crippen LogP) is 3.74. The monoisotopic (exact) mass is 382 g/mol. The molecule has 1 aromatic heterocycles. The maximum absolute atomic E-state index is 12.3. The van der Waals surface area contributed by atoms with E-state index in [1.165, 1.54) is 11.1 Å². The minimum atomic E-state index is -0.0272. The first-order valence-corrected chi connectivity index (χ1v) is 9.91. The van der Waals surface area contributed by atoms with Gasteiger partial charge in [-0.25, -0.2) is 4.98 Å². The van der Waals surface area contributed by atoms with Crippen LogP contribution in [0.3, 0.4) is 0 Å². The van der Waals surface area contributed by atoms with E-state index in [1.54, 1.807) is 0 Å². The highest BCUT2D eigenvalue weighted by molar-refractivity contribution is 6.06. The third-order valence-corrected chi connectivity index (χ3v) is 5.35. The maximum Gasteiger partial charge on any atom is 0.253 e. The molecule has 2 N–H and O–H groups in total. The third kappa shape index (κ3) is 3.41. The average Bonchev–Trinajstić information content (AvgIpc) is 3.04. The Morgan fingerprint density at radius 2 is 1.66 bits per heavy atom. The highest BCUT2D eigenvalue weighted by atomic mass is 16.1. The van der Waals surface area contributed by atoms with Crippen molar-refractivity contribution < 1.29 is 4.79 Å². The molecule has 0 bridgehead atoms. The van der Waals surface area contributed by atoms with E-state index in [-0.39, 0.29) is 5.91 Å². The van der Waals surface area contributed by atoms with Crippen LogP contribution in [-0.2, 0) is 19.6 Å². The lowest BCUT2D eigenvalue weighted by molar-refractivity contribution is 0.0956. The Balaban J connectivity index is 1.39. The molecule has 1 aliphatic rings. The number of hydrogen-bond acceptors (Lipinski definition) is 3. The van der Waals surface area contributed by atoms with Crippen molar-refractivity contribution in [2.24, 2.45) is 0 Å². The molecule has 4 aromatic rings. The number of carbonyl (C=O) groups excluding carboxylic acids is 1. The summed E-state index contributed by atoms with van der Waals surface area (Å²) < 4.78 is 2.16. The SMILES string of the molecule is O=C1NCCn2c(-c3ccc(CNCc4ccccc4)cc3)nc3cccc1c32. The molecule has 5 rings (SSSR count). The molecule has 144 valence electrons. The Bertz CT molecular complexity index is 1160. The molecular formula is C24H22N4O. The largest absolute Gasteiger partial charge is 0.350 e. The molecule has 0 saturated heterocycles. The summed E-state index contributed by atoms with van der Waals surface area (Å²) in [6.07, 6.45) is 0. The molecule has 2 heterocycles. The van der Waals surface area contributed by atoms with Crippen LogP contribution in [0.25, 0.3) is 22.4 Å². The molecule has 3 aromatic carbocycles. The summed E-state index contributed by atoms with van der Waals surface area (Å²) >= 11 is 0. The van der Waals surface area contributed by atoms with Gasteiger partial charge < -0.3 is 15.2 Å². The van der Waals surface area contributed by atoms with E-state index in [9.17, 15) is 4.79 Å². The van der Waals surface area contributed by atoms with Crippen molar-refractivity contribution >= 4 is 16.9 Å². The number of hydrogen-bond donors (Lipinski definition) is 2. The lowest BCUT2D eigenvalue weighted by atomic mass is 10.1. The van der Waals surface area contributed by atoms with Crippen LogP contribution in [0.15, 0.2) is 72.8 Å². The molecule has 0 unspecified atom stereocenters. The second kappa shape index (κ2) is 7.53. The Hall–Kier alpha value is -3.44. The first kappa shape index (κ1) is 17.6. The minimum absolute atomic E-state index is 0.0272. The van der Waals surface area contributed by atoms with E-state index < -0.39 is 0 Å². The molecule has 1 aliphatic heterocycles. The van der Waals surface area contributed by atoms with Gasteiger partial charge in [0.1, 0.15) is 5.82 Å². The third-order valence-electron chi connectivity index (χ3n) is 5.35. The zero-order valence-corrected chi connectivity index (χ0v) is 16.1. The van der Waals surface area contributed by atoms with Gasteiger partial charge in [-0.15, -0.1) is 0 Å². The highest BCUT2D eigenvalue weighted by Crippen LogP contribution is 2.28. The first-order chi connectivity index (χ1) is 14.3. The van der Waals surface area contributed by atoms with E-state index in [0.717, 1.165) is 42.1 Å². The maximum atomic E-state index is 12.3. The van der Waals surface area contributed by atoms with Crippen LogP contribution in [-0.4, -0.2) is 22.0 Å². The van der Waals surface area contributed by atoms with Gasteiger partial charge in [0, 0.05) is 31.7 Å². The van der Waals surface area contributed by atoms with E-state index in [2.05, 4.69) is 63.7 Å². The van der Waals surface area contributed by atoms with Gasteiger partial charge in [0.05, 0.1) is 16.6 Å². The van der Waals surface area contributed by atoms with Crippen LogP contribution < -0.4 is 10.6 Å². The standard InChI is InChI=1S/C24H22N4O/c29-24-20-7-4-8-21-22(20)28(14-13-26-24)23(27-21)19-11-9-18(10-12-19)16-25-15-17-5-2-1-3-6-17/h1-12,25H,13-16H2,(H,26,29). The summed E-state index contributed by atoms with van der Waals surface area (Å²) in [6, 6.07) is 24.6. The second-order valence-corrected chi connectivity index (χ2v) is 7.30. The lowest BCUT2D eigenvalue weighted by Crippen LogP contribution is -2.24. The molecule has 29 heavy (non-hydrogen) atoms. The van der Waals surface area contributed by atoms with Crippen molar-refractivity contribution in [1.29, 1.82) is 0 Å². The van der Waals surface area contributed by atoms with E-state index in [0.29, 0.717) is 12.1 Å². The van der Waals surface area contributed by atoms with E-state index in [4.69, 9.17) is 4.98 Å². The van der Waals surface area contributed by atoms with E-state index in [1.807, 2.05) is 24.3 Å². The zero-order chi connectivity index (χ0) is 19.6. The van der Waals surface area contributed by atoms with Crippen LogP contribution in [0.1, 0.15) is 21.5 Å². The van der Waals surface area contributed by atoms with Crippen molar-refractivity contribution in [3.63, 3.8) is 0 Å². The summed E-state index contributed by atoms with van der Waals surface area (Å²) in [5.41, 5.74) is 6.06. The van der Waals surface area contributed by atoms with Crippen molar-refractivity contribution in [1.82, 2.24) is 20.2 Å². The van der Waals surface area contributed by atoms with Gasteiger partial charge in [0.2, 0.25) is 0 Å². The zero-order valence-electron chi connectivity index (χ0n) is 16.1. The van der Waals surface area contributed by atoms with Gasteiger partial charge in [-0.1, -0.05) is 60.7 Å². The molecule has 0 aliphatic carbocycles. The topological polar surface area (TPSA) is 59.0 Å². The van der Waals surface area contributed by atoms with Gasteiger partial charge in [-0.05, 0) is 23.3 Å². The van der Waals surface area contributed by atoms with Crippen LogP contribution in [0, 0.1) is 0 Å². The summed E-state index contributed by atoms with van der Waals surface area (Å²) in [5.74, 6) is 0.883. The molecule has 0 atom stereocenters. The lowest BCUT2D eigenvalue weighted by Gasteiger charge is -2.09. The smallest absolute Gasteiger partial charge is 0.253 e. The first-order valence-electron chi connectivity index (χ1n) is 9.91. The number of carbonyl (C=O) groups is 1. The fourth-order valence-corrected chi connectivity index (χ4v) is 3.90. The molecule has 0 spiro atoms. The van der Waals surface area contributed by atoms with Gasteiger partial charge >= 0.3 is 0 Å². The number of nitrogens with one attached hydrogen (secondary N) is 2. The highest BCUT2D eigenvalue weighted by Gasteiger charge is 2.21. The Morgan fingerprint density at radius 1 is 0.897 bits per heavy atom. The number of nitrogens with zero attached hydrogens (tertiary/aromatic N) is 2.